The first-order valence-electron chi connectivity index (χ1n) is 1.55. The highest BCUT2D eigenvalue weighted by molar-refractivity contribution is 7.54. The van der Waals surface area contributed by atoms with Crippen LogP contribution in [0.15, 0.2) is 0 Å². The van der Waals surface area contributed by atoms with Gasteiger partial charge in [-0.2, -0.15) is 0 Å². The summed E-state index contributed by atoms with van der Waals surface area (Å²) in [5, 5.41) is 2.22. The van der Waals surface area contributed by atoms with Crippen LogP contribution in [0, 0.1) is 0 Å². The molecule has 0 aromatic carbocycles. The zero-order chi connectivity index (χ0) is 5.21. The van der Waals surface area contributed by atoms with Crippen molar-refractivity contribution in [2.24, 2.45) is 0 Å². The summed E-state index contributed by atoms with van der Waals surface area (Å²) in [6.45, 7) is 1.24. The van der Waals surface area contributed by atoms with E-state index >= 15 is 0 Å². The van der Waals surface area contributed by atoms with Gasteiger partial charge in [-0.05, 0) is 7.05 Å². The minimum Gasteiger partial charge on any atom is -0.333 e. The van der Waals surface area contributed by atoms with Crippen LogP contribution in [0.3, 0.4) is 0 Å². The largest absolute Gasteiger partial charge is 0.333 e. The van der Waals surface area contributed by atoms with Crippen LogP contribution in [-0.2, 0) is 4.57 Å². The van der Waals surface area contributed by atoms with E-state index in [2.05, 4.69) is 5.09 Å². The molecule has 0 aliphatic rings. The fraction of sp³-hybridized carbons (Fsp3) is 1.00. The molecule has 0 heterocycles. The molecule has 0 saturated carbocycles. The number of nitrogens with one attached hydrogen (secondary N) is 1. The SMILES string of the molecule is CNP(C)(=O)O. The summed E-state index contributed by atoms with van der Waals surface area (Å²) in [5.41, 5.74) is 0. The second kappa shape index (κ2) is 1.73. The molecule has 0 fully saturated rings. The molecule has 0 saturated heterocycles. The van der Waals surface area contributed by atoms with Crippen LogP contribution in [-0.4, -0.2) is 18.6 Å². The molecular weight excluding hydrogens is 101 g/mol. The Morgan fingerprint density at radius 1 is 1.83 bits per heavy atom. The quantitative estimate of drug-likeness (QED) is 0.467. The molecule has 0 aliphatic heterocycles. The lowest BCUT2D eigenvalue weighted by Gasteiger charge is -1.97. The lowest BCUT2D eigenvalue weighted by molar-refractivity contribution is 0.476. The fourth-order valence-corrected chi connectivity index (χ4v) is 0. The maximum Gasteiger partial charge on any atom is 0.263 e. The molecule has 0 amide bonds. The van der Waals surface area contributed by atoms with E-state index in [0.717, 1.165) is 0 Å². The second-order valence-electron chi connectivity index (χ2n) is 1.10. The average Bonchev–Trinajstić information content (AvgIpc) is 1.35. The molecule has 4 heteroatoms. The predicted octanol–water partition coefficient (Wildman–Crippen LogP) is 0.0210. The Morgan fingerprint density at radius 3 is 2.00 bits per heavy atom. The maximum atomic E-state index is 10.0. The van der Waals surface area contributed by atoms with Crippen molar-refractivity contribution in [1.82, 2.24) is 5.09 Å². The van der Waals surface area contributed by atoms with Crippen LogP contribution in [0.25, 0.3) is 0 Å². The highest BCUT2D eigenvalue weighted by Crippen LogP contribution is 2.26. The van der Waals surface area contributed by atoms with Crippen LogP contribution >= 0.6 is 7.52 Å². The molecule has 38 valence electrons. The smallest absolute Gasteiger partial charge is 0.263 e. The van der Waals surface area contributed by atoms with Crippen molar-refractivity contribution >= 4 is 7.52 Å². The second-order valence-corrected chi connectivity index (χ2v) is 3.31. The minimum absolute atomic E-state index is 1.24. The van der Waals surface area contributed by atoms with Crippen LogP contribution in [0.2, 0.25) is 0 Å². The number of rotatable bonds is 1. The van der Waals surface area contributed by atoms with Crippen LogP contribution < -0.4 is 5.09 Å². The maximum absolute atomic E-state index is 10.0. The minimum atomic E-state index is -2.90. The third-order valence-corrected chi connectivity index (χ3v) is 1.24. The van der Waals surface area contributed by atoms with Crippen molar-refractivity contribution in [1.29, 1.82) is 0 Å². The van der Waals surface area contributed by atoms with Crippen molar-refractivity contribution in [3.05, 3.63) is 0 Å². The summed E-state index contributed by atoms with van der Waals surface area (Å²) >= 11 is 0. The van der Waals surface area contributed by atoms with Gasteiger partial charge < -0.3 is 4.89 Å². The van der Waals surface area contributed by atoms with Crippen LogP contribution in [0.4, 0.5) is 0 Å². The Balaban J connectivity index is 3.48. The first-order chi connectivity index (χ1) is 2.56. The summed E-state index contributed by atoms with van der Waals surface area (Å²) in [5.74, 6) is 0. The monoisotopic (exact) mass is 109 g/mol. The Hall–Kier alpha value is 0.150. The van der Waals surface area contributed by atoms with Gasteiger partial charge in [-0.15, -0.1) is 0 Å². The molecule has 6 heavy (non-hydrogen) atoms. The van der Waals surface area contributed by atoms with Gasteiger partial charge in [0.25, 0.3) is 7.52 Å². The van der Waals surface area contributed by atoms with Crippen molar-refractivity contribution < 1.29 is 9.46 Å². The van der Waals surface area contributed by atoms with Gasteiger partial charge in [-0.25, -0.2) is 5.09 Å². The summed E-state index contributed by atoms with van der Waals surface area (Å²) in [6.07, 6.45) is 0. The van der Waals surface area contributed by atoms with E-state index in [1.54, 1.807) is 0 Å². The predicted molar refractivity (Wildman–Crippen MR) is 24.8 cm³/mol. The summed E-state index contributed by atoms with van der Waals surface area (Å²) in [6, 6.07) is 0. The van der Waals surface area contributed by atoms with E-state index in [0.29, 0.717) is 0 Å². The standard InChI is InChI=1S/C2H8NO2P/c1-3-6(2,4)5/h1-2H3,(H2,3,4,5). The van der Waals surface area contributed by atoms with Gasteiger partial charge in [-0.3, -0.25) is 4.57 Å². The third kappa shape index (κ3) is 4.15. The first kappa shape index (κ1) is 6.15. The van der Waals surface area contributed by atoms with Gasteiger partial charge >= 0.3 is 0 Å². The topological polar surface area (TPSA) is 49.3 Å². The van der Waals surface area contributed by atoms with Gasteiger partial charge in [0, 0.05) is 6.66 Å². The first-order valence-corrected chi connectivity index (χ1v) is 3.66. The Kier molecular flexibility index (Phi) is 1.78. The van der Waals surface area contributed by atoms with E-state index in [4.69, 9.17) is 4.89 Å². The molecule has 2 N–H and O–H groups in total. The van der Waals surface area contributed by atoms with Crippen molar-refractivity contribution in [2.75, 3.05) is 13.7 Å². The summed E-state index contributed by atoms with van der Waals surface area (Å²) < 4.78 is 10.0. The highest BCUT2D eigenvalue weighted by Gasteiger charge is 2.00. The lowest BCUT2D eigenvalue weighted by Crippen LogP contribution is -1.98. The zero-order valence-corrected chi connectivity index (χ0v) is 4.70. The Labute approximate surface area is 36.9 Å². The van der Waals surface area contributed by atoms with Gasteiger partial charge in [0.15, 0.2) is 0 Å². The molecule has 0 radical (unpaired) electrons. The summed E-state index contributed by atoms with van der Waals surface area (Å²) in [7, 11) is -1.45. The van der Waals surface area contributed by atoms with E-state index in [-0.39, 0.29) is 0 Å². The molecule has 0 bridgehead atoms. The van der Waals surface area contributed by atoms with E-state index < -0.39 is 7.52 Å². The number of hydrogen-bond acceptors (Lipinski definition) is 1. The molecule has 1 atom stereocenters. The highest BCUT2D eigenvalue weighted by atomic mass is 31.2. The zero-order valence-electron chi connectivity index (χ0n) is 3.80. The third-order valence-electron chi connectivity index (χ3n) is 0.415. The number of hydrogen-bond donors (Lipinski definition) is 2. The molecule has 3 nitrogen and oxygen atoms in total. The average molecular weight is 109 g/mol. The van der Waals surface area contributed by atoms with E-state index in [1.165, 1.54) is 13.7 Å². The molecule has 0 aromatic heterocycles. The van der Waals surface area contributed by atoms with Gasteiger partial charge in [0.1, 0.15) is 0 Å². The van der Waals surface area contributed by atoms with Gasteiger partial charge in [0.2, 0.25) is 0 Å². The van der Waals surface area contributed by atoms with Crippen molar-refractivity contribution in [3.63, 3.8) is 0 Å². The molecular formula is C2H8NO2P. The van der Waals surface area contributed by atoms with E-state index in [1.807, 2.05) is 0 Å². The van der Waals surface area contributed by atoms with Gasteiger partial charge in [-0.1, -0.05) is 0 Å². The fourth-order valence-electron chi connectivity index (χ4n) is 0. The normalized spacial score (nSPS) is 19.8. The van der Waals surface area contributed by atoms with E-state index in [9.17, 15) is 4.57 Å². The van der Waals surface area contributed by atoms with Crippen LogP contribution in [0.1, 0.15) is 0 Å². The summed E-state index contributed by atoms with van der Waals surface area (Å²) in [4.78, 5) is 8.27. The molecule has 1 unspecified atom stereocenters. The van der Waals surface area contributed by atoms with Crippen molar-refractivity contribution in [2.45, 2.75) is 0 Å². The molecule has 0 spiro atoms. The molecule has 0 aromatic rings. The molecule has 0 aliphatic carbocycles. The Bertz CT molecular complexity index is 75.6. The lowest BCUT2D eigenvalue weighted by atomic mass is 11.6. The molecule has 0 rings (SSSR count). The van der Waals surface area contributed by atoms with Gasteiger partial charge in [0.05, 0.1) is 0 Å². The van der Waals surface area contributed by atoms with Crippen molar-refractivity contribution in [3.8, 4) is 0 Å². The van der Waals surface area contributed by atoms with Crippen LogP contribution in [0.5, 0.6) is 0 Å². The Morgan fingerprint density at radius 2 is 2.00 bits per heavy atom.